The lowest BCUT2D eigenvalue weighted by Crippen LogP contribution is -2.49. The molecule has 0 aliphatic carbocycles. The van der Waals surface area contributed by atoms with Crippen molar-refractivity contribution in [1.29, 1.82) is 0 Å². The summed E-state index contributed by atoms with van der Waals surface area (Å²) in [7, 11) is 0. The summed E-state index contributed by atoms with van der Waals surface area (Å²) in [4.78, 5) is 29.5. The van der Waals surface area contributed by atoms with Crippen LogP contribution in [0, 0.1) is 17.5 Å². The number of halogens is 3. The molecule has 1 aliphatic rings. The van der Waals surface area contributed by atoms with E-state index >= 15 is 4.39 Å². The number of nitrogens with zero attached hydrogens (tertiary/aromatic N) is 1. The van der Waals surface area contributed by atoms with Crippen molar-refractivity contribution >= 4 is 17.7 Å². The molecule has 1 aliphatic heterocycles. The van der Waals surface area contributed by atoms with Crippen molar-refractivity contribution in [3.8, 4) is 0 Å². The number of carbonyl (C=O) groups is 2. The van der Waals surface area contributed by atoms with E-state index in [1.165, 1.54) is 60.7 Å². The summed E-state index contributed by atoms with van der Waals surface area (Å²) in [5.41, 5.74) is 9.02. The van der Waals surface area contributed by atoms with Gasteiger partial charge < -0.3 is 31.2 Å². The van der Waals surface area contributed by atoms with Crippen LogP contribution in [0.3, 0.4) is 0 Å². The highest BCUT2D eigenvalue weighted by Crippen LogP contribution is 2.30. The van der Waals surface area contributed by atoms with Gasteiger partial charge in [0.05, 0.1) is 24.8 Å². The molecule has 0 spiro atoms. The van der Waals surface area contributed by atoms with Crippen molar-refractivity contribution in [2.75, 3.05) is 25.1 Å². The second kappa shape index (κ2) is 16.2. The van der Waals surface area contributed by atoms with Gasteiger partial charge in [0.1, 0.15) is 24.1 Å². The topological polar surface area (TPSA) is 128 Å². The summed E-state index contributed by atoms with van der Waals surface area (Å²) >= 11 is 0. The van der Waals surface area contributed by atoms with E-state index in [0.717, 1.165) is 5.56 Å². The van der Waals surface area contributed by atoms with E-state index in [9.17, 15) is 18.4 Å². The molecule has 0 unspecified atom stereocenters. The van der Waals surface area contributed by atoms with Crippen LogP contribution >= 0.6 is 0 Å². The van der Waals surface area contributed by atoms with Gasteiger partial charge in [-0.05, 0) is 72.0 Å². The van der Waals surface area contributed by atoms with Crippen LogP contribution < -0.4 is 21.7 Å². The van der Waals surface area contributed by atoms with Gasteiger partial charge in [-0.2, -0.15) is 0 Å². The zero-order valence-corrected chi connectivity index (χ0v) is 25.5. The van der Waals surface area contributed by atoms with Gasteiger partial charge in [-0.3, -0.25) is 9.78 Å². The largest absolute Gasteiger partial charge is 0.448 e. The predicted octanol–water partition coefficient (Wildman–Crippen LogP) is 4.81. The Morgan fingerprint density at radius 2 is 1.68 bits per heavy atom. The van der Waals surface area contributed by atoms with Crippen LogP contribution in [0.15, 0.2) is 91.3 Å². The Hall–Kier alpha value is -4.78. The minimum absolute atomic E-state index is 0.117. The van der Waals surface area contributed by atoms with Crippen molar-refractivity contribution < 1.29 is 32.2 Å². The Bertz CT molecular complexity index is 1570. The molecule has 2 amide bonds. The van der Waals surface area contributed by atoms with Crippen molar-refractivity contribution in [3.05, 3.63) is 131 Å². The summed E-state index contributed by atoms with van der Waals surface area (Å²) in [6, 6.07) is 17.8. The Morgan fingerprint density at radius 3 is 2.30 bits per heavy atom. The third-order valence-electron chi connectivity index (χ3n) is 7.96. The highest BCUT2D eigenvalue weighted by Gasteiger charge is 2.29. The summed E-state index contributed by atoms with van der Waals surface area (Å²) in [6.45, 7) is 1.18. The average molecular weight is 648 g/mol. The number of hydrogen-bond donors (Lipinski definition) is 4. The van der Waals surface area contributed by atoms with Crippen molar-refractivity contribution in [1.82, 2.24) is 15.6 Å². The number of anilines is 1. The number of carbonyl (C=O) groups excluding carboxylic acids is 2. The van der Waals surface area contributed by atoms with Crippen LogP contribution in [0.2, 0.25) is 0 Å². The predicted molar refractivity (Wildman–Crippen MR) is 170 cm³/mol. The molecule has 5 rings (SSSR count). The van der Waals surface area contributed by atoms with Crippen molar-refractivity contribution in [3.63, 3.8) is 0 Å². The van der Waals surface area contributed by atoms with Gasteiger partial charge in [0.25, 0.3) is 0 Å². The molecular formula is C35H36F3N5O4. The SMILES string of the molecule is N[C@H](C(=O)Nc1cccc(F)c1CC[C@@H]1CN[C@H](COC(=O)NCc2cccnc2)CO1)C(c1ccc(F)cc1)c1ccc(F)cc1. The minimum Gasteiger partial charge on any atom is -0.448 e. The maximum absolute atomic E-state index is 15.1. The van der Waals surface area contributed by atoms with Gasteiger partial charge in [-0.25, -0.2) is 18.0 Å². The lowest BCUT2D eigenvalue weighted by atomic mass is 9.85. The molecule has 2 heterocycles. The standard InChI is InChI=1S/C35H36F3N5O4/c36-25-10-6-23(7-11-25)32(24-8-12-26(37)13-9-24)33(39)34(44)43-31-5-1-4-30(38)29(31)15-14-28-19-41-27(20-46-28)21-47-35(45)42-18-22-3-2-16-40-17-22/h1-13,16-17,27-28,32-33,41H,14-15,18-21,39H2,(H,42,45)(H,43,44)/t27-,28+,33-/m0/s1. The van der Waals surface area contributed by atoms with Crippen LogP contribution in [0.4, 0.5) is 23.7 Å². The molecule has 3 aromatic carbocycles. The van der Waals surface area contributed by atoms with Crippen molar-refractivity contribution in [2.24, 2.45) is 5.73 Å². The first-order valence-corrected chi connectivity index (χ1v) is 15.3. The third-order valence-corrected chi connectivity index (χ3v) is 7.96. The van der Waals surface area contributed by atoms with Gasteiger partial charge in [0.2, 0.25) is 5.91 Å². The lowest BCUT2D eigenvalue weighted by molar-refractivity contribution is -0.117. The van der Waals surface area contributed by atoms with Gasteiger partial charge >= 0.3 is 6.09 Å². The van der Waals surface area contributed by atoms with Gasteiger partial charge in [0, 0.05) is 42.7 Å². The molecule has 0 saturated carbocycles. The number of nitrogens with two attached hydrogens (primary N) is 1. The van der Waals surface area contributed by atoms with Gasteiger partial charge in [0.15, 0.2) is 0 Å². The fraction of sp³-hybridized carbons (Fsp3) is 0.286. The Balaban J connectivity index is 1.14. The molecule has 1 aromatic heterocycles. The number of ether oxygens (including phenoxy) is 2. The van der Waals surface area contributed by atoms with Crippen LogP contribution in [-0.4, -0.2) is 54.9 Å². The van der Waals surface area contributed by atoms with Crippen molar-refractivity contribution in [2.45, 2.75) is 43.5 Å². The van der Waals surface area contributed by atoms with E-state index < -0.39 is 41.4 Å². The number of hydrogen-bond acceptors (Lipinski definition) is 7. The van der Waals surface area contributed by atoms with E-state index in [2.05, 4.69) is 20.9 Å². The molecular weight excluding hydrogens is 611 g/mol. The first-order chi connectivity index (χ1) is 22.8. The van der Waals surface area contributed by atoms with E-state index in [0.29, 0.717) is 42.8 Å². The molecule has 0 bridgehead atoms. The fourth-order valence-corrected chi connectivity index (χ4v) is 5.41. The van der Waals surface area contributed by atoms with Gasteiger partial charge in [-0.1, -0.05) is 36.4 Å². The maximum atomic E-state index is 15.1. The fourth-order valence-electron chi connectivity index (χ4n) is 5.41. The van der Waals surface area contributed by atoms with Crippen LogP contribution in [0.25, 0.3) is 0 Å². The monoisotopic (exact) mass is 647 g/mol. The summed E-state index contributed by atoms with van der Waals surface area (Å²) in [5, 5.41) is 8.74. The van der Waals surface area contributed by atoms with E-state index in [1.54, 1.807) is 24.5 Å². The Kier molecular flexibility index (Phi) is 11.6. The average Bonchev–Trinajstić information content (AvgIpc) is 3.09. The van der Waals surface area contributed by atoms with Crippen LogP contribution in [-0.2, 0) is 27.2 Å². The summed E-state index contributed by atoms with van der Waals surface area (Å²) in [5.74, 6) is -2.69. The summed E-state index contributed by atoms with van der Waals surface area (Å²) < 4.78 is 53.6. The molecule has 47 heavy (non-hydrogen) atoms. The smallest absolute Gasteiger partial charge is 0.407 e. The highest BCUT2D eigenvalue weighted by molar-refractivity contribution is 5.96. The molecule has 12 heteroatoms. The number of aromatic nitrogens is 1. The molecule has 1 saturated heterocycles. The number of morpholine rings is 1. The number of amides is 2. The number of benzene rings is 3. The molecule has 9 nitrogen and oxygen atoms in total. The maximum Gasteiger partial charge on any atom is 0.407 e. The van der Waals surface area contributed by atoms with Crippen LogP contribution in [0.1, 0.15) is 34.6 Å². The second-order valence-corrected chi connectivity index (χ2v) is 11.3. The lowest BCUT2D eigenvalue weighted by Gasteiger charge is -2.30. The van der Waals surface area contributed by atoms with E-state index in [1.807, 2.05) is 6.07 Å². The molecule has 5 N–H and O–H groups in total. The zero-order chi connectivity index (χ0) is 33.2. The molecule has 3 atom stereocenters. The molecule has 4 aromatic rings. The quantitative estimate of drug-likeness (QED) is 0.174. The highest BCUT2D eigenvalue weighted by atomic mass is 19.1. The number of nitrogens with one attached hydrogen (secondary N) is 3. The molecule has 246 valence electrons. The number of pyridine rings is 1. The minimum atomic E-state index is -1.16. The molecule has 1 fully saturated rings. The van der Waals surface area contributed by atoms with Crippen LogP contribution in [0.5, 0.6) is 0 Å². The Morgan fingerprint density at radius 1 is 0.979 bits per heavy atom. The summed E-state index contributed by atoms with van der Waals surface area (Å²) in [6.07, 6.45) is 3.24. The number of alkyl carbamates (subject to hydrolysis) is 1. The first-order valence-electron chi connectivity index (χ1n) is 15.3. The molecule has 0 radical (unpaired) electrons. The van der Waals surface area contributed by atoms with E-state index in [-0.39, 0.29) is 30.9 Å². The zero-order valence-electron chi connectivity index (χ0n) is 25.5. The third kappa shape index (κ3) is 9.38. The number of rotatable bonds is 12. The first kappa shape index (κ1) is 33.6. The van der Waals surface area contributed by atoms with E-state index in [4.69, 9.17) is 15.2 Å². The van der Waals surface area contributed by atoms with Gasteiger partial charge in [-0.15, -0.1) is 0 Å². The second-order valence-electron chi connectivity index (χ2n) is 11.3. The Labute approximate surface area is 270 Å². The normalized spacial score (nSPS) is 16.8.